The summed E-state index contributed by atoms with van der Waals surface area (Å²) in [6, 6.07) is 2.56. The highest BCUT2D eigenvalue weighted by Gasteiger charge is 2.28. The number of carbonyl (C=O) groups is 2. The molecule has 0 aromatic heterocycles. The smallest absolute Gasteiger partial charge is 0.268 e. The van der Waals surface area contributed by atoms with Crippen LogP contribution in [0.5, 0.6) is 11.5 Å². The van der Waals surface area contributed by atoms with E-state index in [9.17, 15) is 19.8 Å². The van der Waals surface area contributed by atoms with Gasteiger partial charge in [-0.2, -0.15) is 0 Å². The minimum Gasteiger partial charge on any atom is -0.504 e. The van der Waals surface area contributed by atoms with Gasteiger partial charge in [-0.25, -0.2) is 5.48 Å². The lowest BCUT2D eigenvalue weighted by molar-refractivity contribution is -0.129. The highest BCUT2D eigenvalue weighted by molar-refractivity contribution is 5.90. The van der Waals surface area contributed by atoms with E-state index in [-0.39, 0.29) is 24.5 Å². The second-order valence-corrected chi connectivity index (χ2v) is 4.47. The summed E-state index contributed by atoms with van der Waals surface area (Å²) in [4.78, 5) is 27.7. The Labute approximate surface area is 114 Å². The van der Waals surface area contributed by atoms with Crippen molar-refractivity contribution in [2.75, 3.05) is 6.61 Å². The summed E-state index contributed by atoms with van der Waals surface area (Å²) < 4.78 is 0. The molecule has 1 saturated heterocycles. The van der Waals surface area contributed by atoms with Gasteiger partial charge in [0.1, 0.15) is 12.6 Å². The van der Waals surface area contributed by atoms with Crippen LogP contribution >= 0.6 is 0 Å². The monoisotopic (exact) mass is 281 g/mol. The van der Waals surface area contributed by atoms with Gasteiger partial charge in [0.25, 0.3) is 5.91 Å². The summed E-state index contributed by atoms with van der Waals surface area (Å²) in [6.45, 7) is 0.0529. The van der Waals surface area contributed by atoms with Crippen molar-refractivity contribution in [1.29, 1.82) is 0 Å². The maximum absolute atomic E-state index is 11.8. The van der Waals surface area contributed by atoms with Crippen LogP contribution in [0.3, 0.4) is 0 Å². The number of rotatable bonds is 4. The minimum atomic E-state index is -0.882. The number of hydrogen-bond donors (Lipinski definition) is 5. The third kappa shape index (κ3) is 3.16. The van der Waals surface area contributed by atoms with Crippen molar-refractivity contribution >= 4 is 11.8 Å². The molecule has 20 heavy (non-hydrogen) atoms. The Balaban J connectivity index is 1.93. The SMILES string of the molecule is N[C@@H](Cc1ccc(O)c(O)c1)C(=O)N[C@@H]1CONC1=O. The quantitative estimate of drug-likeness (QED) is 0.427. The molecule has 0 aliphatic carbocycles. The molecule has 1 heterocycles. The molecule has 108 valence electrons. The Morgan fingerprint density at radius 1 is 1.50 bits per heavy atom. The molecule has 1 fully saturated rings. The molecule has 0 spiro atoms. The molecule has 8 nitrogen and oxygen atoms in total. The van der Waals surface area contributed by atoms with Gasteiger partial charge in [0.05, 0.1) is 6.04 Å². The lowest BCUT2D eigenvalue weighted by Crippen LogP contribution is -2.49. The van der Waals surface area contributed by atoms with Crippen molar-refractivity contribution in [1.82, 2.24) is 10.8 Å². The number of nitrogens with one attached hydrogen (secondary N) is 2. The predicted octanol–water partition coefficient (Wildman–Crippen LogP) is -1.49. The Bertz CT molecular complexity index is 534. The van der Waals surface area contributed by atoms with Crippen LogP contribution in [0.25, 0.3) is 0 Å². The normalized spacial score (nSPS) is 19.4. The van der Waals surface area contributed by atoms with Crippen molar-refractivity contribution in [2.45, 2.75) is 18.5 Å². The van der Waals surface area contributed by atoms with Gasteiger partial charge in [0.15, 0.2) is 11.5 Å². The van der Waals surface area contributed by atoms with E-state index < -0.39 is 23.9 Å². The lowest BCUT2D eigenvalue weighted by Gasteiger charge is -2.14. The fraction of sp³-hybridized carbons (Fsp3) is 0.333. The van der Waals surface area contributed by atoms with Crippen molar-refractivity contribution in [3.05, 3.63) is 23.8 Å². The van der Waals surface area contributed by atoms with Crippen molar-refractivity contribution in [2.24, 2.45) is 5.73 Å². The molecule has 8 heteroatoms. The molecule has 1 aromatic rings. The molecule has 6 N–H and O–H groups in total. The molecule has 0 bridgehead atoms. The third-order valence-electron chi connectivity index (χ3n) is 2.89. The van der Waals surface area contributed by atoms with Gasteiger partial charge in [-0.15, -0.1) is 0 Å². The Kier molecular flexibility index (Phi) is 4.06. The molecule has 0 saturated carbocycles. The van der Waals surface area contributed by atoms with Crippen LogP contribution in [0, 0.1) is 0 Å². The van der Waals surface area contributed by atoms with Gasteiger partial charge in [-0.1, -0.05) is 6.07 Å². The molecule has 1 aliphatic heterocycles. The standard InChI is InChI=1S/C12H15N3O5/c13-7(3-6-1-2-9(16)10(17)4-6)11(18)14-8-5-20-15-12(8)19/h1-2,4,7-8,16-17H,3,5,13H2,(H,14,18)(H,15,19)/t7-,8+/m0/s1. The number of carbonyl (C=O) groups excluding carboxylic acids is 2. The second-order valence-electron chi connectivity index (χ2n) is 4.47. The molecule has 1 aliphatic rings. The number of aromatic hydroxyl groups is 2. The number of phenols is 2. The van der Waals surface area contributed by atoms with Crippen LogP contribution in [0.4, 0.5) is 0 Å². The fourth-order valence-electron chi connectivity index (χ4n) is 1.77. The maximum Gasteiger partial charge on any atom is 0.268 e. The van der Waals surface area contributed by atoms with Crippen LogP contribution in [-0.4, -0.2) is 40.7 Å². The van der Waals surface area contributed by atoms with E-state index in [1.165, 1.54) is 12.1 Å². The molecular weight excluding hydrogens is 266 g/mol. The van der Waals surface area contributed by atoms with Crippen LogP contribution < -0.4 is 16.5 Å². The highest BCUT2D eigenvalue weighted by atomic mass is 16.7. The van der Waals surface area contributed by atoms with E-state index in [1.807, 2.05) is 0 Å². The average molecular weight is 281 g/mol. The molecule has 0 radical (unpaired) electrons. The largest absolute Gasteiger partial charge is 0.504 e. The van der Waals surface area contributed by atoms with E-state index in [2.05, 4.69) is 15.6 Å². The summed E-state index contributed by atoms with van der Waals surface area (Å²) >= 11 is 0. The lowest BCUT2D eigenvalue weighted by atomic mass is 10.0. The predicted molar refractivity (Wildman–Crippen MR) is 67.5 cm³/mol. The second kappa shape index (κ2) is 5.76. The zero-order chi connectivity index (χ0) is 14.7. The zero-order valence-electron chi connectivity index (χ0n) is 10.5. The summed E-state index contributed by atoms with van der Waals surface area (Å²) in [6.07, 6.45) is 0.162. The van der Waals surface area contributed by atoms with Crippen LogP contribution in [0.15, 0.2) is 18.2 Å². The van der Waals surface area contributed by atoms with E-state index in [1.54, 1.807) is 6.07 Å². The topological polar surface area (TPSA) is 134 Å². The number of hydrogen-bond acceptors (Lipinski definition) is 6. The van der Waals surface area contributed by atoms with Gasteiger partial charge in [0.2, 0.25) is 5.91 Å². The van der Waals surface area contributed by atoms with Crippen LogP contribution in [0.2, 0.25) is 0 Å². The summed E-state index contributed by atoms with van der Waals surface area (Å²) in [5, 5.41) is 21.0. The Hall–Kier alpha value is -2.32. The number of benzene rings is 1. The summed E-state index contributed by atoms with van der Waals surface area (Å²) in [5.41, 5.74) is 8.45. The molecule has 2 amide bonds. The summed E-state index contributed by atoms with van der Waals surface area (Å²) in [5.74, 6) is -1.44. The summed E-state index contributed by atoms with van der Waals surface area (Å²) in [7, 11) is 0. The van der Waals surface area contributed by atoms with Gasteiger partial charge in [-0.05, 0) is 24.1 Å². The minimum absolute atomic E-state index is 0.0529. The van der Waals surface area contributed by atoms with E-state index in [0.29, 0.717) is 5.56 Å². The first-order valence-electron chi connectivity index (χ1n) is 5.96. The highest BCUT2D eigenvalue weighted by Crippen LogP contribution is 2.25. The van der Waals surface area contributed by atoms with Gasteiger partial charge in [0, 0.05) is 0 Å². The van der Waals surface area contributed by atoms with E-state index >= 15 is 0 Å². The van der Waals surface area contributed by atoms with E-state index in [0.717, 1.165) is 0 Å². The number of hydroxylamine groups is 1. The zero-order valence-corrected chi connectivity index (χ0v) is 10.5. The molecule has 2 rings (SSSR count). The first kappa shape index (κ1) is 14.1. The number of nitrogens with two attached hydrogens (primary N) is 1. The molecule has 1 aromatic carbocycles. The molecule has 0 unspecified atom stereocenters. The first-order valence-corrected chi connectivity index (χ1v) is 5.96. The van der Waals surface area contributed by atoms with Crippen LogP contribution in [-0.2, 0) is 20.8 Å². The molecular formula is C12H15N3O5. The van der Waals surface area contributed by atoms with Gasteiger partial charge >= 0.3 is 0 Å². The van der Waals surface area contributed by atoms with Gasteiger partial charge < -0.3 is 21.3 Å². The molecule has 2 atom stereocenters. The maximum atomic E-state index is 11.8. The average Bonchev–Trinajstić information content (AvgIpc) is 2.79. The Morgan fingerprint density at radius 2 is 2.25 bits per heavy atom. The van der Waals surface area contributed by atoms with Gasteiger partial charge in [-0.3, -0.25) is 14.4 Å². The van der Waals surface area contributed by atoms with E-state index in [4.69, 9.17) is 5.73 Å². The number of amides is 2. The van der Waals surface area contributed by atoms with Crippen molar-refractivity contribution < 1.29 is 24.6 Å². The van der Waals surface area contributed by atoms with Crippen molar-refractivity contribution in [3.63, 3.8) is 0 Å². The first-order chi connectivity index (χ1) is 9.47. The Morgan fingerprint density at radius 3 is 2.85 bits per heavy atom. The van der Waals surface area contributed by atoms with Crippen molar-refractivity contribution in [3.8, 4) is 11.5 Å². The third-order valence-corrected chi connectivity index (χ3v) is 2.89. The van der Waals surface area contributed by atoms with Crippen LogP contribution in [0.1, 0.15) is 5.56 Å². The fourth-order valence-corrected chi connectivity index (χ4v) is 1.77. The number of phenolic OH excluding ortho intramolecular Hbond substituents is 2.